The Hall–Kier alpha value is -1.75. The molecule has 2 aliphatic rings. The van der Waals surface area contributed by atoms with E-state index in [4.69, 9.17) is 4.99 Å². The van der Waals surface area contributed by atoms with Gasteiger partial charge in [0.05, 0.1) is 0 Å². The van der Waals surface area contributed by atoms with Gasteiger partial charge in [-0.25, -0.2) is 0 Å². The lowest BCUT2D eigenvalue weighted by atomic mass is 9.99. The van der Waals surface area contributed by atoms with Gasteiger partial charge in [0.2, 0.25) is 0 Å². The average Bonchev–Trinajstić information content (AvgIpc) is 2.68. The number of para-hydroxylation sites is 1. The lowest BCUT2D eigenvalue weighted by Crippen LogP contribution is -2.49. The summed E-state index contributed by atoms with van der Waals surface area (Å²) in [6, 6.07) is 11.3. The van der Waals surface area contributed by atoms with Crippen LogP contribution >= 0.6 is 0 Å². The minimum Gasteiger partial charge on any atom is -0.371 e. The Labute approximate surface area is 158 Å². The number of hydrogen-bond acceptors (Lipinski definition) is 3. The number of rotatable bonds is 5. The Morgan fingerprint density at radius 1 is 1.12 bits per heavy atom. The molecule has 1 unspecified atom stereocenters. The molecule has 2 fully saturated rings. The third-order valence-corrected chi connectivity index (χ3v) is 5.53. The van der Waals surface area contributed by atoms with Crippen LogP contribution in [0.2, 0.25) is 0 Å². The minimum atomic E-state index is 0.516. The summed E-state index contributed by atoms with van der Waals surface area (Å²) in [5.74, 6) is 1.70. The zero-order chi connectivity index (χ0) is 18.2. The quantitative estimate of drug-likeness (QED) is 0.628. The summed E-state index contributed by atoms with van der Waals surface area (Å²) in [5, 5.41) is 7.11. The van der Waals surface area contributed by atoms with Gasteiger partial charge in [-0.1, -0.05) is 18.2 Å². The molecule has 0 saturated carbocycles. The number of benzene rings is 1. The monoisotopic (exact) mass is 357 g/mol. The van der Waals surface area contributed by atoms with Crippen LogP contribution in [0, 0.1) is 5.92 Å². The SMILES string of the molecule is CCNC(=NCC1CCCN(C)C1)NC1CCN(c2ccccc2)CC1. The highest BCUT2D eigenvalue weighted by molar-refractivity contribution is 5.80. The highest BCUT2D eigenvalue weighted by atomic mass is 15.2. The number of likely N-dealkylation sites (tertiary alicyclic amines) is 1. The first-order valence-corrected chi connectivity index (χ1v) is 10.3. The second kappa shape index (κ2) is 9.81. The minimum absolute atomic E-state index is 0.516. The molecule has 0 aliphatic carbocycles. The highest BCUT2D eigenvalue weighted by Gasteiger charge is 2.21. The van der Waals surface area contributed by atoms with Gasteiger partial charge < -0.3 is 20.4 Å². The fourth-order valence-electron chi connectivity index (χ4n) is 4.08. The van der Waals surface area contributed by atoms with Gasteiger partial charge in [0.15, 0.2) is 5.96 Å². The molecule has 5 nitrogen and oxygen atoms in total. The maximum absolute atomic E-state index is 4.90. The summed E-state index contributed by atoms with van der Waals surface area (Å²) in [4.78, 5) is 9.82. The Kier molecular flexibility index (Phi) is 7.18. The average molecular weight is 358 g/mol. The van der Waals surface area contributed by atoms with Crippen LogP contribution in [0.15, 0.2) is 35.3 Å². The van der Waals surface area contributed by atoms with Crippen LogP contribution in [0.5, 0.6) is 0 Å². The molecule has 0 radical (unpaired) electrons. The molecule has 2 saturated heterocycles. The predicted molar refractivity (Wildman–Crippen MR) is 111 cm³/mol. The van der Waals surface area contributed by atoms with E-state index in [0.29, 0.717) is 12.0 Å². The van der Waals surface area contributed by atoms with Gasteiger partial charge in [0.1, 0.15) is 0 Å². The van der Waals surface area contributed by atoms with Crippen LogP contribution < -0.4 is 15.5 Å². The number of piperidine rings is 2. The van der Waals surface area contributed by atoms with E-state index in [-0.39, 0.29) is 0 Å². The lowest BCUT2D eigenvalue weighted by molar-refractivity contribution is 0.214. The molecule has 2 aliphatic heterocycles. The molecule has 144 valence electrons. The van der Waals surface area contributed by atoms with Gasteiger partial charge in [-0.2, -0.15) is 0 Å². The van der Waals surface area contributed by atoms with Crippen LogP contribution in [0.4, 0.5) is 5.69 Å². The molecule has 1 aromatic carbocycles. The molecule has 0 spiro atoms. The van der Waals surface area contributed by atoms with Crippen molar-refractivity contribution in [2.45, 2.75) is 38.6 Å². The van der Waals surface area contributed by atoms with E-state index in [1.54, 1.807) is 0 Å². The summed E-state index contributed by atoms with van der Waals surface area (Å²) >= 11 is 0. The fourth-order valence-corrected chi connectivity index (χ4v) is 4.08. The van der Waals surface area contributed by atoms with Crippen LogP contribution in [-0.2, 0) is 0 Å². The van der Waals surface area contributed by atoms with Crippen molar-refractivity contribution >= 4 is 11.6 Å². The van der Waals surface area contributed by atoms with E-state index in [1.807, 2.05) is 0 Å². The standard InChI is InChI=1S/C21H35N5/c1-3-22-21(23-16-18-8-7-13-25(2)17-18)24-19-11-14-26(15-12-19)20-9-5-4-6-10-20/h4-6,9-10,18-19H,3,7-8,11-17H2,1-2H3,(H2,22,23,24). The molecule has 1 aromatic rings. The second-order valence-electron chi connectivity index (χ2n) is 7.73. The second-order valence-corrected chi connectivity index (χ2v) is 7.73. The number of hydrogen-bond donors (Lipinski definition) is 2. The van der Waals surface area contributed by atoms with Crippen molar-refractivity contribution in [1.82, 2.24) is 15.5 Å². The van der Waals surface area contributed by atoms with E-state index in [1.165, 1.54) is 31.6 Å². The lowest BCUT2D eigenvalue weighted by Gasteiger charge is -2.34. The first-order valence-electron chi connectivity index (χ1n) is 10.3. The van der Waals surface area contributed by atoms with Crippen molar-refractivity contribution in [3.05, 3.63) is 30.3 Å². The Morgan fingerprint density at radius 2 is 1.88 bits per heavy atom. The Balaban J connectivity index is 1.48. The van der Waals surface area contributed by atoms with Crippen molar-refractivity contribution in [2.75, 3.05) is 51.2 Å². The van der Waals surface area contributed by atoms with Gasteiger partial charge in [-0.15, -0.1) is 0 Å². The van der Waals surface area contributed by atoms with E-state index in [2.05, 4.69) is 64.7 Å². The van der Waals surface area contributed by atoms with E-state index in [9.17, 15) is 0 Å². The van der Waals surface area contributed by atoms with Crippen molar-refractivity contribution in [2.24, 2.45) is 10.9 Å². The first kappa shape index (κ1) is 19.0. The molecule has 5 heteroatoms. The molecule has 26 heavy (non-hydrogen) atoms. The Morgan fingerprint density at radius 3 is 2.58 bits per heavy atom. The van der Waals surface area contributed by atoms with Gasteiger partial charge in [-0.05, 0) is 64.3 Å². The van der Waals surface area contributed by atoms with Crippen LogP contribution in [-0.4, -0.2) is 63.2 Å². The molecular weight excluding hydrogens is 322 g/mol. The maximum atomic E-state index is 4.90. The molecule has 1 atom stereocenters. The van der Waals surface area contributed by atoms with Crippen LogP contribution in [0.25, 0.3) is 0 Å². The number of guanidine groups is 1. The first-order chi connectivity index (χ1) is 12.7. The van der Waals surface area contributed by atoms with Crippen LogP contribution in [0.3, 0.4) is 0 Å². The zero-order valence-electron chi connectivity index (χ0n) is 16.5. The third-order valence-electron chi connectivity index (χ3n) is 5.53. The Bertz CT molecular complexity index is 551. The van der Waals surface area contributed by atoms with Gasteiger partial charge in [0.25, 0.3) is 0 Å². The molecule has 2 N–H and O–H groups in total. The summed E-state index contributed by atoms with van der Waals surface area (Å²) in [6.45, 7) is 8.62. The number of nitrogens with zero attached hydrogens (tertiary/aromatic N) is 3. The normalized spacial score (nSPS) is 23.1. The van der Waals surface area contributed by atoms with Crippen molar-refractivity contribution in [3.8, 4) is 0 Å². The smallest absolute Gasteiger partial charge is 0.191 e. The molecule has 2 heterocycles. The number of aliphatic imine (C=N–C) groups is 1. The fraction of sp³-hybridized carbons (Fsp3) is 0.667. The van der Waals surface area contributed by atoms with Crippen molar-refractivity contribution in [1.29, 1.82) is 0 Å². The largest absolute Gasteiger partial charge is 0.371 e. The predicted octanol–water partition coefficient (Wildman–Crippen LogP) is 2.55. The summed E-state index contributed by atoms with van der Waals surface area (Å²) in [5.41, 5.74) is 1.34. The summed E-state index contributed by atoms with van der Waals surface area (Å²) < 4.78 is 0. The van der Waals surface area contributed by atoms with Crippen molar-refractivity contribution < 1.29 is 0 Å². The highest BCUT2D eigenvalue weighted by Crippen LogP contribution is 2.19. The van der Waals surface area contributed by atoms with Crippen molar-refractivity contribution in [3.63, 3.8) is 0 Å². The van der Waals surface area contributed by atoms with E-state index >= 15 is 0 Å². The molecule has 3 rings (SSSR count). The van der Waals surface area contributed by atoms with E-state index in [0.717, 1.165) is 45.0 Å². The van der Waals surface area contributed by atoms with Gasteiger partial charge in [0, 0.05) is 44.5 Å². The number of nitrogens with one attached hydrogen (secondary N) is 2. The van der Waals surface area contributed by atoms with Gasteiger partial charge in [-0.3, -0.25) is 4.99 Å². The topological polar surface area (TPSA) is 42.9 Å². The van der Waals surface area contributed by atoms with E-state index < -0.39 is 0 Å². The third kappa shape index (κ3) is 5.63. The number of anilines is 1. The summed E-state index contributed by atoms with van der Waals surface area (Å²) in [6.07, 6.45) is 4.93. The summed E-state index contributed by atoms with van der Waals surface area (Å²) in [7, 11) is 2.22. The molecule has 0 bridgehead atoms. The zero-order valence-corrected chi connectivity index (χ0v) is 16.5. The molecular formula is C21H35N5. The van der Waals surface area contributed by atoms with Gasteiger partial charge >= 0.3 is 0 Å². The van der Waals surface area contributed by atoms with Crippen LogP contribution in [0.1, 0.15) is 32.6 Å². The maximum Gasteiger partial charge on any atom is 0.191 e. The molecule has 0 aromatic heterocycles. The molecule has 0 amide bonds.